The van der Waals surface area contributed by atoms with Gasteiger partial charge in [0.2, 0.25) is 0 Å². The Hall–Kier alpha value is -2.46. The maximum Gasteiger partial charge on any atom is 0.122 e. The number of hydrogen-bond acceptors (Lipinski definition) is 3. The second kappa shape index (κ2) is 6.45. The van der Waals surface area contributed by atoms with Crippen LogP contribution in [0.5, 0.6) is 0 Å². The molecule has 3 aromatic rings. The third-order valence-corrected chi connectivity index (χ3v) is 5.12. The van der Waals surface area contributed by atoms with Crippen LogP contribution in [0.15, 0.2) is 42.7 Å². The summed E-state index contributed by atoms with van der Waals surface area (Å²) >= 11 is 0. The normalized spacial score (nSPS) is 14.5. The van der Waals surface area contributed by atoms with Gasteiger partial charge in [-0.1, -0.05) is 24.3 Å². The Morgan fingerprint density at radius 3 is 2.72 bits per heavy atom. The van der Waals surface area contributed by atoms with Gasteiger partial charge in [-0.15, -0.1) is 0 Å². The van der Waals surface area contributed by atoms with Crippen LogP contribution < -0.4 is 0 Å². The van der Waals surface area contributed by atoms with Gasteiger partial charge in [-0.05, 0) is 43.0 Å². The highest BCUT2D eigenvalue weighted by Crippen LogP contribution is 2.28. The molecule has 3 heterocycles. The van der Waals surface area contributed by atoms with Crippen LogP contribution in [0.2, 0.25) is 0 Å². The Morgan fingerprint density at radius 1 is 1.08 bits per heavy atom. The van der Waals surface area contributed by atoms with Gasteiger partial charge in [0.15, 0.2) is 0 Å². The van der Waals surface area contributed by atoms with Crippen molar-refractivity contribution in [3.63, 3.8) is 0 Å². The highest BCUT2D eigenvalue weighted by atomic mass is 15.2. The van der Waals surface area contributed by atoms with Gasteiger partial charge >= 0.3 is 0 Å². The maximum atomic E-state index is 4.61. The van der Waals surface area contributed by atoms with Crippen LogP contribution in [0.4, 0.5) is 0 Å². The SMILES string of the molecule is Cc1ccc(-c2ccc3c(c2)CCN(Cc2nccn2C)C3)c(C)n1. The van der Waals surface area contributed by atoms with E-state index >= 15 is 0 Å². The van der Waals surface area contributed by atoms with Crippen molar-refractivity contribution < 1.29 is 0 Å². The second-order valence-corrected chi connectivity index (χ2v) is 6.98. The molecule has 0 saturated heterocycles. The first kappa shape index (κ1) is 16.0. The molecule has 1 aromatic carbocycles. The molecule has 0 N–H and O–H groups in total. The third kappa shape index (κ3) is 3.22. The van der Waals surface area contributed by atoms with Gasteiger partial charge in [-0.25, -0.2) is 4.98 Å². The summed E-state index contributed by atoms with van der Waals surface area (Å²) in [4.78, 5) is 11.5. The van der Waals surface area contributed by atoms with Crippen LogP contribution >= 0.6 is 0 Å². The largest absolute Gasteiger partial charge is 0.337 e. The van der Waals surface area contributed by atoms with E-state index in [1.807, 2.05) is 19.3 Å². The Bertz CT molecular complexity index is 910. The van der Waals surface area contributed by atoms with Gasteiger partial charge in [0.05, 0.1) is 6.54 Å². The molecule has 2 aromatic heterocycles. The van der Waals surface area contributed by atoms with E-state index in [4.69, 9.17) is 0 Å². The molecule has 1 aliphatic rings. The van der Waals surface area contributed by atoms with E-state index in [0.29, 0.717) is 0 Å². The molecule has 0 amide bonds. The molecule has 0 fully saturated rings. The van der Waals surface area contributed by atoms with E-state index in [0.717, 1.165) is 43.3 Å². The van der Waals surface area contributed by atoms with Gasteiger partial charge in [-0.2, -0.15) is 0 Å². The van der Waals surface area contributed by atoms with Crippen molar-refractivity contribution in [2.24, 2.45) is 7.05 Å². The standard InChI is InChI=1S/C21H24N4/c1-15-4-7-20(16(2)23-15)18-5-6-19-13-25(10-8-17(19)12-18)14-21-22-9-11-24(21)3/h4-7,9,11-12H,8,10,13-14H2,1-3H3. The summed E-state index contributed by atoms with van der Waals surface area (Å²) in [7, 11) is 2.06. The topological polar surface area (TPSA) is 34.0 Å². The van der Waals surface area contributed by atoms with Crippen molar-refractivity contribution in [3.05, 3.63) is 71.1 Å². The molecule has 0 atom stereocenters. The molecule has 0 spiro atoms. The van der Waals surface area contributed by atoms with Gasteiger partial charge in [-0.3, -0.25) is 9.88 Å². The average molecular weight is 332 g/mol. The molecular weight excluding hydrogens is 308 g/mol. The van der Waals surface area contributed by atoms with E-state index in [9.17, 15) is 0 Å². The number of aryl methyl sites for hydroxylation is 3. The molecule has 1 aliphatic heterocycles. The fraction of sp³-hybridized carbons (Fsp3) is 0.333. The molecule has 0 radical (unpaired) electrons. The van der Waals surface area contributed by atoms with Gasteiger partial charge < -0.3 is 4.57 Å². The summed E-state index contributed by atoms with van der Waals surface area (Å²) < 4.78 is 2.10. The van der Waals surface area contributed by atoms with Crippen LogP contribution in [0.1, 0.15) is 28.3 Å². The summed E-state index contributed by atoms with van der Waals surface area (Å²) in [5, 5.41) is 0. The number of hydrogen-bond donors (Lipinski definition) is 0. The number of benzene rings is 1. The molecular formula is C21H24N4. The highest BCUT2D eigenvalue weighted by Gasteiger charge is 2.18. The van der Waals surface area contributed by atoms with Crippen molar-refractivity contribution in [3.8, 4) is 11.1 Å². The molecule has 4 nitrogen and oxygen atoms in total. The molecule has 0 saturated carbocycles. The zero-order chi connectivity index (χ0) is 17.4. The lowest BCUT2D eigenvalue weighted by atomic mass is 9.94. The predicted octanol–water partition coefficient (Wildman–Crippen LogP) is 3.66. The second-order valence-electron chi connectivity index (χ2n) is 6.98. The summed E-state index contributed by atoms with van der Waals surface area (Å²) in [6.45, 7) is 7.12. The lowest BCUT2D eigenvalue weighted by Gasteiger charge is -2.29. The van der Waals surface area contributed by atoms with Crippen LogP contribution in [-0.2, 0) is 26.6 Å². The first-order valence-corrected chi connectivity index (χ1v) is 8.85. The predicted molar refractivity (Wildman–Crippen MR) is 100 cm³/mol. The van der Waals surface area contributed by atoms with Gasteiger partial charge in [0.25, 0.3) is 0 Å². The summed E-state index contributed by atoms with van der Waals surface area (Å²) in [5.74, 6) is 1.13. The molecule has 4 heteroatoms. The number of imidazole rings is 1. The Morgan fingerprint density at radius 2 is 1.96 bits per heavy atom. The summed E-state index contributed by atoms with van der Waals surface area (Å²) in [5.41, 5.74) is 7.59. The van der Waals surface area contributed by atoms with Crippen molar-refractivity contribution in [2.75, 3.05) is 6.54 Å². The van der Waals surface area contributed by atoms with Crippen molar-refractivity contribution >= 4 is 0 Å². The zero-order valence-electron chi connectivity index (χ0n) is 15.2. The molecule has 4 rings (SSSR count). The van der Waals surface area contributed by atoms with E-state index in [1.165, 1.54) is 22.3 Å². The quantitative estimate of drug-likeness (QED) is 0.734. The van der Waals surface area contributed by atoms with Crippen LogP contribution in [-0.4, -0.2) is 26.0 Å². The Balaban J connectivity index is 1.56. The van der Waals surface area contributed by atoms with E-state index < -0.39 is 0 Å². The highest BCUT2D eigenvalue weighted by molar-refractivity contribution is 5.67. The number of aromatic nitrogens is 3. The number of fused-ring (bicyclic) bond motifs is 1. The molecule has 25 heavy (non-hydrogen) atoms. The van der Waals surface area contributed by atoms with Crippen LogP contribution in [0.3, 0.4) is 0 Å². The first-order valence-electron chi connectivity index (χ1n) is 8.85. The van der Waals surface area contributed by atoms with E-state index in [2.05, 4.69) is 63.7 Å². The van der Waals surface area contributed by atoms with Crippen LogP contribution in [0.25, 0.3) is 11.1 Å². The molecule has 128 valence electrons. The summed E-state index contributed by atoms with van der Waals surface area (Å²) in [6.07, 6.45) is 4.97. The number of pyridine rings is 1. The third-order valence-electron chi connectivity index (χ3n) is 5.12. The van der Waals surface area contributed by atoms with Gasteiger partial charge in [0, 0.05) is 49.5 Å². The lowest BCUT2D eigenvalue weighted by molar-refractivity contribution is 0.237. The average Bonchev–Trinajstić information content (AvgIpc) is 2.99. The van der Waals surface area contributed by atoms with Gasteiger partial charge in [0.1, 0.15) is 5.82 Å². The Kier molecular flexibility index (Phi) is 4.14. The van der Waals surface area contributed by atoms with Crippen molar-refractivity contribution in [1.29, 1.82) is 0 Å². The Labute approximate surface area is 149 Å². The minimum atomic E-state index is 0.908. The molecule has 0 bridgehead atoms. The number of nitrogens with zero attached hydrogens (tertiary/aromatic N) is 4. The minimum Gasteiger partial charge on any atom is -0.337 e. The fourth-order valence-electron chi connectivity index (χ4n) is 3.65. The minimum absolute atomic E-state index is 0.908. The monoisotopic (exact) mass is 332 g/mol. The summed E-state index contributed by atoms with van der Waals surface area (Å²) in [6, 6.07) is 11.2. The smallest absolute Gasteiger partial charge is 0.122 e. The van der Waals surface area contributed by atoms with E-state index in [1.54, 1.807) is 0 Å². The first-order chi connectivity index (χ1) is 12.1. The zero-order valence-corrected chi connectivity index (χ0v) is 15.2. The lowest BCUT2D eigenvalue weighted by Crippen LogP contribution is -2.31. The van der Waals surface area contributed by atoms with E-state index in [-0.39, 0.29) is 0 Å². The molecule has 0 aliphatic carbocycles. The van der Waals surface area contributed by atoms with Crippen molar-refractivity contribution in [1.82, 2.24) is 19.4 Å². The fourth-order valence-corrected chi connectivity index (χ4v) is 3.65. The molecule has 0 unspecified atom stereocenters. The number of rotatable bonds is 3. The van der Waals surface area contributed by atoms with Crippen molar-refractivity contribution in [2.45, 2.75) is 33.4 Å². The maximum absolute atomic E-state index is 4.61. The van der Waals surface area contributed by atoms with Crippen LogP contribution in [0, 0.1) is 13.8 Å².